The monoisotopic (exact) mass is 329 g/mol. The zero-order valence-electron chi connectivity index (χ0n) is 12.1. The lowest BCUT2D eigenvalue weighted by Gasteiger charge is -2.10. The molecular formula is C15H12FN5OS. The third-order valence-electron chi connectivity index (χ3n) is 3.11. The molecule has 0 aliphatic carbocycles. The number of carbonyl (C=O) groups excluding carboxylic acids is 1. The van der Waals surface area contributed by atoms with Crippen LogP contribution in [0, 0.1) is 12.7 Å². The van der Waals surface area contributed by atoms with Crippen LogP contribution in [0.3, 0.4) is 0 Å². The van der Waals surface area contributed by atoms with Crippen molar-refractivity contribution in [1.29, 1.82) is 0 Å². The Bertz CT molecular complexity index is 866. The highest BCUT2D eigenvalue weighted by Gasteiger charge is 2.13. The number of amides is 1. The maximum Gasteiger partial charge on any atom is 0.254 e. The maximum atomic E-state index is 14.3. The number of aromatic nitrogens is 3. The minimum absolute atomic E-state index is 0.139. The van der Waals surface area contributed by atoms with Crippen LogP contribution in [0.5, 0.6) is 0 Å². The van der Waals surface area contributed by atoms with E-state index in [2.05, 4.69) is 20.3 Å². The van der Waals surface area contributed by atoms with E-state index in [-0.39, 0.29) is 11.4 Å². The van der Waals surface area contributed by atoms with E-state index in [0.717, 1.165) is 0 Å². The Morgan fingerprint density at radius 3 is 2.83 bits per heavy atom. The van der Waals surface area contributed by atoms with E-state index < -0.39 is 11.7 Å². The summed E-state index contributed by atoms with van der Waals surface area (Å²) in [6.07, 6.45) is 1.34. The molecule has 3 N–H and O–H groups in total. The normalized spacial score (nSPS) is 10.5. The van der Waals surface area contributed by atoms with Gasteiger partial charge in [0, 0.05) is 22.8 Å². The van der Waals surface area contributed by atoms with Crippen LogP contribution in [-0.2, 0) is 0 Å². The van der Waals surface area contributed by atoms with E-state index in [1.807, 2.05) is 0 Å². The number of rotatable bonds is 4. The zero-order valence-corrected chi connectivity index (χ0v) is 12.9. The zero-order chi connectivity index (χ0) is 16.4. The van der Waals surface area contributed by atoms with Crippen molar-refractivity contribution in [2.45, 2.75) is 6.92 Å². The molecule has 1 aromatic carbocycles. The van der Waals surface area contributed by atoms with E-state index in [1.165, 1.54) is 23.6 Å². The molecule has 23 heavy (non-hydrogen) atoms. The molecule has 0 saturated carbocycles. The first kappa shape index (κ1) is 15.0. The van der Waals surface area contributed by atoms with Crippen LogP contribution in [0.25, 0.3) is 11.3 Å². The van der Waals surface area contributed by atoms with Crippen molar-refractivity contribution in [3.63, 3.8) is 0 Å². The molecule has 0 fully saturated rings. The summed E-state index contributed by atoms with van der Waals surface area (Å²) in [5, 5.41) is 4.67. The van der Waals surface area contributed by atoms with E-state index in [1.54, 1.807) is 29.9 Å². The van der Waals surface area contributed by atoms with Crippen LogP contribution < -0.4 is 11.1 Å². The minimum Gasteiger partial charge on any atom is -0.365 e. The van der Waals surface area contributed by atoms with Crippen molar-refractivity contribution >= 4 is 28.7 Å². The lowest BCUT2D eigenvalue weighted by Crippen LogP contribution is -2.15. The summed E-state index contributed by atoms with van der Waals surface area (Å²) in [5.74, 6) is -0.373. The molecule has 0 bridgehead atoms. The lowest BCUT2D eigenvalue weighted by atomic mass is 10.1. The number of halogens is 1. The van der Waals surface area contributed by atoms with E-state index in [4.69, 9.17) is 5.73 Å². The molecule has 116 valence electrons. The highest BCUT2D eigenvalue weighted by Crippen LogP contribution is 2.26. The van der Waals surface area contributed by atoms with E-state index >= 15 is 0 Å². The van der Waals surface area contributed by atoms with Gasteiger partial charge in [0.05, 0.1) is 11.2 Å². The topological polar surface area (TPSA) is 93.8 Å². The summed E-state index contributed by atoms with van der Waals surface area (Å²) in [6.45, 7) is 1.68. The molecule has 2 heterocycles. The second-order valence-electron chi connectivity index (χ2n) is 4.74. The van der Waals surface area contributed by atoms with Gasteiger partial charge < -0.3 is 11.1 Å². The second kappa shape index (κ2) is 6.09. The predicted molar refractivity (Wildman–Crippen MR) is 86.1 cm³/mol. The Kier molecular flexibility index (Phi) is 3.98. The number of nitrogens with two attached hydrogens (primary N) is 1. The van der Waals surface area contributed by atoms with Crippen LogP contribution in [-0.4, -0.2) is 20.9 Å². The maximum absolute atomic E-state index is 14.3. The van der Waals surface area contributed by atoms with E-state index in [0.29, 0.717) is 22.8 Å². The van der Waals surface area contributed by atoms with Gasteiger partial charge in [-0.3, -0.25) is 4.79 Å². The van der Waals surface area contributed by atoms with Crippen LogP contribution in [0.15, 0.2) is 35.3 Å². The third kappa shape index (κ3) is 3.16. The summed E-state index contributed by atoms with van der Waals surface area (Å²) in [7, 11) is 0. The smallest absolute Gasteiger partial charge is 0.254 e. The number of hydrogen-bond donors (Lipinski definition) is 2. The quantitative estimate of drug-likeness (QED) is 0.767. The molecule has 0 saturated heterocycles. The molecule has 1 amide bonds. The molecule has 0 radical (unpaired) electrons. The largest absolute Gasteiger partial charge is 0.365 e. The molecule has 0 atom stereocenters. The molecule has 0 unspecified atom stereocenters. The highest BCUT2D eigenvalue weighted by molar-refractivity contribution is 7.07. The summed E-state index contributed by atoms with van der Waals surface area (Å²) < 4.78 is 14.3. The first-order chi connectivity index (χ1) is 11.0. The van der Waals surface area contributed by atoms with Gasteiger partial charge in [0.25, 0.3) is 5.91 Å². The number of benzene rings is 1. The molecule has 0 spiro atoms. The van der Waals surface area contributed by atoms with Crippen LogP contribution in [0.2, 0.25) is 0 Å². The highest BCUT2D eigenvalue weighted by atomic mass is 32.1. The molecule has 6 nitrogen and oxygen atoms in total. The standard InChI is InChI=1S/C15H12FN5OS/c1-8-18-5-11(14(17)22)15(20-8)21-9-2-3-10(12(16)4-9)13-6-23-7-19-13/h2-7H,1H3,(H2,17,22)(H,18,20,21). The fourth-order valence-corrected chi connectivity index (χ4v) is 2.58. The summed E-state index contributed by atoms with van der Waals surface area (Å²) in [6, 6.07) is 4.61. The number of nitrogens with one attached hydrogen (secondary N) is 1. The molecule has 2 aromatic heterocycles. The van der Waals surface area contributed by atoms with Crippen molar-refractivity contribution in [2.24, 2.45) is 5.73 Å². The van der Waals surface area contributed by atoms with Crippen LogP contribution in [0.4, 0.5) is 15.9 Å². The Balaban J connectivity index is 1.94. The van der Waals surface area contributed by atoms with Gasteiger partial charge in [0.1, 0.15) is 23.0 Å². The molecule has 0 aliphatic rings. The third-order valence-corrected chi connectivity index (χ3v) is 3.70. The lowest BCUT2D eigenvalue weighted by molar-refractivity contribution is 0.100. The number of thiazole rings is 1. The minimum atomic E-state index is -0.660. The van der Waals surface area contributed by atoms with Crippen molar-refractivity contribution < 1.29 is 9.18 Å². The average molecular weight is 329 g/mol. The van der Waals surface area contributed by atoms with Gasteiger partial charge in [-0.25, -0.2) is 19.3 Å². The van der Waals surface area contributed by atoms with Gasteiger partial charge in [-0.1, -0.05) is 0 Å². The molecule has 0 aliphatic heterocycles. The Labute approximate surface area is 135 Å². The van der Waals surface area contributed by atoms with Gasteiger partial charge in [-0.15, -0.1) is 11.3 Å². The number of carbonyl (C=O) groups is 1. The van der Waals surface area contributed by atoms with Gasteiger partial charge in [-0.2, -0.15) is 0 Å². The van der Waals surface area contributed by atoms with Gasteiger partial charge >= 0.3 is 0 Å². The number of aryl methyl sites for hydroxylation is 1. The van der Waals surface area contributed by atoms with Crippen LogP contribution >= 0.6 is 11.3 Å². The number of nitrogens with zero attached hydrogens (tertiary/aromatic N) is 3. The molecule has 8 heteroatoms. The fraction of sp³-hybridized carbons (Fsp3) is 0.0667. The molecule has 3 rings (SSSR count). The summed E-state index contributed by atoms with van der Waals surface area (Å²) in [4.78, 5) is 23.6. The fourth-order valence-electron chi connectivity index (χ4n) is 2.03. The molecule has 3 aromatic rings. The number of anilines is 2. The second-order valence-corrected chi connectivity index (χ2v) is 5.46. The first-order valence-electron chi connectivity index (χ1n) is 6.63. The summed E-state index contributed by atoms with van der Waals surface area (Å²) in [5.41, 5.74) is 8.51. The van der Waals surface area contributed by atoms with Crippen molar-refractivity contribution in [2.75, 3.05) is 5.32 Å². The summed E-state index contributed by atoms with van der Waals surface area (Å²) >= 11 is 1.39. The first-order valence-corrected chi connectivity index (χ1v) is 7.57. The van der Waals surface area contributed by atoms with Crippen molar-refractivity contribution in [1.82, 2.24) is 15.0 Å². The Morgan fingerprint density at radius 1 is 1.35 bits per heavy atom. The van der Waals surface area contributed by atoms with Gasteiger partial charge in [0.15, 0.2) is 0 Å². The SMILES string of the molecule is Cc1ncc(C(N)=O)c(Nc2ccc(-c3cscn3)c(F)c2)n1. The Hall–Kier alpha value is -2.87. The van der Waals surface area contributed by atoms with Crippen molar-refractivity contribution in [3.05, 3.63) is 52.5 Å². The van der Waals surface area contributed by atoms with Crippen LogP contribution in [0.1, 0.15) is 16.2 Å². The molecular weight excluding hydrogens is 317 g/mol. The predicted octanol–water partition coefficient (Wildman–Crippen LogP) is 2.89. The number of hydrogen-bond acceptors (Lipinski definition) is 6. The van der Waals surface area contributed by atoms with Gasteiger partial charge in [0.2, 0.25) is 0 Å². The van der Waals surface area contributed by atoms with E-state index in [9.17, 15) is 9.18 Å². The van der Waals surface area contributed by atoms with Crippen molar-refractivity contribution in [3.8, 4) is 11.3 Å². The average Bonchev–Trinajstić information content (AvgIpc) is 3.01. The number of primary amides is 1. The Morgan fingerprint density at radius 2 is 2.17 bits per heavy atom. The van der Waals surface area contributed by atoms with Gasteiger partial charge in [-0.05, 0) is 25.1 Å².